The largest absolute Gasteiger partial charge is 0.454 e. The average Bonchev–Trinajstić information content (AvgIpc) is 2.70. The van der Waals surface area contributed by atoms with E-state index in [0.717, 1.165) is 10.1 Å². The molecule has 1 amide bonds. The standard InChI is InChI=1S/C20H18FN3O4/c21-15-7-5-14(6-8-15)9-10-22-18(25)12-28-19(26)11-24-13-23-17-4-2-1-3-16(17)20(24)27/h1-8,13H,9-12H2,(H,22,25). The van der Waals surface area contributed by atoms with Gasteiger partial charge in [0.25, 0.3) is 11.5 Å². The van der Waals surface area contributed by atoms with Crippen LogP contribution in [0.4, 0.5) is 4.39 Å². The molecule has 1 heterocycles. The highest BCUT2D eigenvalue weighted by Crippen LogP contribution is 2.05. The normalized spacial score (nSPS) is 10.6. The van der Waals surface area contributed by atoms with Crippen LogP contribution in [0, 0.1) is 5.82 Å². The van der Waals surface area contributed by atoms with Crippen molar-refractivity contribution in [2.24, 2.45) is 0 Å². The molecule has 1 aromatic heterocycles. The van der Waals surface area contributed by atoms with Crippen LogP contribution in [0.3, 0.4) is 0 Å². The molecule has 0 radical (unpaired) electrons. The van der Waals surface area contributed by atoms with Crippen LogP contribution in [0.1, 0.15) is 5.56 Å². The highest BCUT2D eigenvalue weighted by atomic mass is 19.1. The summed E-state index contributed by atoms with van der Waals surface area (Å²) < 4.78 is 18.9. The van der Waals surface area contributed by atoms with Crippen molar-refractivity contribution >= 4 is 22.8 Å². The molecule has 3 aromatic rings. The second-order valence-electron chi connectivity index (χ2n) is 6.08. The van der Waals surface area contributed by atoms with Gasteiger partial charge in [-0.05, 0) is 36.2 Å². The summed E-state index contributed by atoms with van der Waals surface area (Å²) in [5.74, 6) is -1.49. The number of carbonyl (C=O) groups is 2. The first-order valence-electron chi connectivity index (χ1n) is 8.64. The molecule has 8 heteroatoms. The Morgan fingerprint density at radius 1 is 1.11 bits per heavy atom. The number of rotatable bonds is 7. The fourth-order valence-corrected chi connectivity index (χ4v) is 2.60. The Bertz CT molecular complexity index is 1050. The van der Waals surface area contributed by atoms with Gasteiger partial charge in [-0.3, -0.25) is 19.0 Å². The summed E-state index contributed by atoms with van der Waals surface area (Å²) in [4.78, 5) is 40.1. The molecule has 28 heavy (non-hydrogen) atoms. The number of esters is 1. The average molecular weight is 383 g/mol. The quantitative estimate of drug-likeness (QED) is 0.624. The van der Waals surface area contributed by atoms with Crippen LogP contribution in [-0.2, 0) is 27.3 Å². The fraction of sp³-hybridized carbons (Fsp3) is 0.200. The topological polar surface area (TPSA) is 90.3 Å². The van der Waals surface area contributed by atoms with Crippen molar-refractivity contribution in [3.05, 3.63) is 76.6 Å². The van der Waals surface area contributed by atoms with Gasteiger partial charge >= 0.3 is 5.97 Å². The first-order chi connectivity index (χ1) is 13.5. The molecule has 0 saturated heterocycles. The lowest BCUT2D eigenvalue weighted by Crippen LogP contribution is -2.32. The van der Waals surface area contributed by atoms with E-state index in [1.165, 1.54) is 18.5 Å². The highest BCUT2D eigenvalue weighted by Gasteiger charge is 2.11. The highest BCUT2D eigenvalue weighted by molar-refractivity contribution is 5.81. The molecule has 0 spiro atoms. The Labute approximate surface area is 159 Å². The fourth-order valence-electron chi connectivity index (χ4n) is 2.60. The third-order valence-electron chi connectivity index (χ3n) is 4.04. The van der Waals surface area contributed by atoms with E-state index in [0.29, 0.717) is 23.9 Å². The predicted octanol–water partition coefficient (Wildman–Crippen LogP) is 1.44. The number of nitrogens with one attached hydrogen (secondary N) is 1. The Kier molecular flexibility index (Phi) is 6.11. The summed E-state index contributed by atoms with van der Waals surface area (Å²) in [6, 6.07) is 12.8. The van der Waals surface area contributed by atoms with Crippen molar-refractivity contribution in [3.63, 3.8) is 0 Å². The number of carbonyl (C=O) groups excluding carboxylic acids is 2. The van der Waals surface area contributed by atoms with Crippen molar-refractivity contribution in [3.8, 4) is 0 Å². The molecule has 0 aliphatic heterocycles. The molecule has 0 aliphatic rings. The summed E-state index contributed by atoms with van der Waals surface area (Å²) in [6.07, 6.45) is 1.80. The number of amides is 1. The van der Waals surface area contributed by atoms with Gasteiger partial charge in [0.2, 0.25) is 0 Å². The maximum atomic E-state index is 12.8. The molecule has 144 valence electrons. The van der Waals surface area contributed by atoms with E-state index >= 15 is 0 Å². The lowest BCUT2D eigenvalue weighted by molar-refractivity contribution is -0.149. The third kappa shape index (κ3) is 5.00. The monoisotopic (exact) mass is 383 g/mol. The maximum Gasteiger partial charge on any atom is 0.326 e. The Morgan fingerprint density at radius 3 is 2.64 bits per heavy atom. The second-order valence-corrected chi connectivity index (χ2v) is 6.08. The van der Waals surface area contributed by atoms with Crippen LogP contribution in [0.15, 0.2) is 59.7 Å². The van der Waals surface area contributed by atoms with Gasteiger partial charge < -0.3 is 10.1 Å². The van der Waals surface area contributed by atoms with E-state index < -0.39 is 18.5 Å². The van der Waals surface area contributed by atoms with E-state index in [4.69, 9.17) is 4.74 Å². The minimum Gasteiger partial charge on any atom is -0.454 e. The molecule has 0 saturated carbocycles. The summed E-state index contributed by atoms with van der Waals surface area (Å²) in [5, 5.41) is 3.01. The zero-order valence-corrected chi connectivity index (χ0v) is 14.9. The molecule has 7 nitrogen and oxygen atoms in total. The Hall–Kier alpha value is -3.55. The number of hydrogen-bond donors (Lipinski definition) is 1. The van der Waals surface area contributed by atoms with Gasteiger partial charge in [0.1, 0.15) is 12.4 Å². The molecular formula is C20H18FN3O4. The smallest absolute Gasteiger partial charge is 0.326 e. The molecule has 0 aliphatic carbocycles. The van der Waals surface area contributed by atoms with Gasteiger partial charge in [-0.1, -0.05) is 24.3 Å². The molecule has 0 atom stereocenters. The lowest BCUT2D eigenvalue weighted by atomic mass is 10.1. The summed E-state index contributed by atoms with van der Waals surface area (Å²) >= 11 is 0. The summed E-state index contributed by atoms with van der Waals surface area (Å²) in [6.45, 7) is -0.451. The van der Waals surface area contributed by atoms with E-state index in [-0.39, 0.29) is 17.9 Å². The van der Waals surface area contributed by atoms with Gasteiger partial charge in [0.05, 0.1) is 17.2 Å². The van der Waals surface area contributed by atoms with Crippen molar-refractivity contribution in [1.82, 2.24) is 14.9 Å². The van der Waals surface area contributed by atoms with Crippen molar-refractivity contribution in [1.29, 1.82) is 0 Å². The van der Waals surface area contributed by atoms with Crippen molar-refractivity contribution in [2.45, 2.75) is 13.0 Å². The molecule has 2 aromatic carbocycles. The molecule has 0 fully saturated rings. The minimum atomic E-state index is -0.715. The molecule has 1 N–H and O–H groups in total. The van der Waals surface area contributed by atoms with Crippen molar-refractivity contribution in [2.75, 3.05) is 13.2 Å². The lowest BCUT2D eigenvalue weighted by Gasteiger charge is -2.08. The zero-order valence-electron chi connectivity index (χ0n) is 14.9. The van der Waals surface area contributed by atoms with E-state index in [1.54, 1.807) is 36.4 Å². The third-order valence-corrected chi connectivity index (χ3v) is 4.04. The first kappa shape index (κ1) is 19.2. The summed E-state index contributed by atoms with van der Waals surface area (Å²) in [7, 11) is 0. The van der Waals surface area contributed by atoms with Gasteiger partial charge in [-0.25, -0.2) is 9.37 Å². The molecular weight excluding hydrogens is 365 g/mol. The number of fused-ring (bicyclic) bond motifs is 1. The number of halogens is 1. The predicted molar refractivity (Wildman–Crippen MR) is 100 cm³/mol. The first-order valence-corrected chi connectivity index (χ1v) is 8.64. The number of ether oxygens (including phenoxy) is 1. The SMILES string of the molecule is O=C(COC(=O)Cn1cnc2ccccc2c1=O)NCCc1ccc(F)cc1. The van der Waals surface area contributed by atoms with Crippen LogP contribution in [0.5, 0.6) is 0 Å². The van der Waals surface area contributed by atoms with Crippen LogP contribution in [0.25, 0.3) is 10.9 Å². The van der Waals surface area contributed by atoms with E-state index in [9.17, 15) is 18.8 Å². The van der Waals surface area contributed by atoms with Gasteiger partial charge in [-0.15, -0.1) is 0 Å². The summed E-state index contributed by atoms with van der Waals surface area (Å²) in [5.41, 5.74) is 1.06. The Balaban J connectivity index is 1.45. The van der Waals surface area contributed by atoms with Gasteiger partial charge in [-0.2, -0.15) is 0 Å². The molecule has 0 unspecified atom stereocenters. The van der Waals surface area contributed by atoms with Crippen LogP contribution >= 0.6 is 0 Å². The maximum absolute atomic E-state index is 12.8. The number of benzene rings is 2. The molecule has 0 bridgehead atoms. The minimum absolute atomic E-state index is 0.319. The van der Waals surface area contributed by atoms with E-state index in [1.807, 2.05) is 0 Å². The van der Waals surface area contributed by atoms with Crippen LogP contribution < -0.4 is 10.9 Å². The van der Waals surface area contributed by atoms with Gasteiger partial charge in [0.15, 0.2) is 6.61 Å². The van der Waals surface area contributed by atoms with E-state index in [2.05, 4.69) is 10.3 Å². The molecule has 3 rings (SSSR count). The number of para-hydroxylation sites is 1. The van der Waals surface area contributed by atoms with Crippen molar-refractivity contribution < 1.29 is 18.7 Å². The Morgan fingerprint density at radius 2 is 1.86 bits per heavy atom. The number of hydrogen-bond acceptors (Lipinski definition) is 5. The second kappa shape index (κ2) is 8.90. The van der Waals surface area contributed by atoms with Crippen LogP contribution in [0.2, 0.25) is 0 Å². The van der Waals surface area contributed by atoms with Gasteiger partial charge in [0, 0.05) is 6.54 Å². The zero-order chi connectivity index (χ0) is 19.9. The number of nitrogens with zero attached hydrogens (tertiary/aromatic N) is 2. The number of aromatic nitrogens is 2. The van der Waals surface area contributed by atoms with Crippen LogP contribution in [-0.4, -0.2) is 34.6 Å².